The molecule has 3 rings (SSSR count). The molecule has 0 bridgehead atoms. The van der Waals surface area contributed by atoms with Crippen molar-refractivity contribution in [2.45, 2.75) is 38.7 Å². The Bertz CT molecular complexity index is 825. The molecule has 0 radical (unpaired) electrons. The minimum absolute atomic E-state index is 0.0227. The topological polar surface area (TPSA) is 131 Å². The number of aromatic nitrogens is 4. The van der Waals surface area contributed by atoms with Crippen LogP contribution in [0.25, 0.3) is 11.2 Å². The highest BCUT2D eigenvalue weighted by Gasteiger charge is 2.40. The second kappa shape index (κ2) is 6.92. The Morgan fingerprint density at radius 1 is 1.40 bits per heavy atom. The molecular weight excluding hydrogens is 398 g/mol. The standard InChI is InChI=1S/C14H16BrN5O5/c1-6(21)23-4-9-8(24-7(2)22)3-10(25-9)20-13-11(19-14(20)15)12(16)17-5-18-13/h5,8-10H,3-4H2,1-2H3,(H2,16,17,18)/t8?,9-,10-/m1/s1. The van der Waals surface area contributed by atoms with E-state index in [-0.39, 0.29) is 12.4 Å². The number of halogens is 1. The Balaban J connectivity index is 1.90. The van der Waals surface area contributed by atoms with Crippen molar-refractivity contribution >= 4 is 44.9 Å². The molecule has 1 aliphatic rings. The van der Waals surface area contributed by atoms with Gasteiger partial charge < -0.3 is 19.9 Å². The fourth-order valence-corrected chi connectivity index (χ4v) is 3.27. The van der Waals surface area contributed by atoms with Gasteiger partial charge in [-0.3, -0.25) is 14.2 Å². The zero-order valence-electron chi connectivity index (χ0n) is 13.5. The van der Waals surface area contributed by atoms with Crippen LogP contribution in [0, 0.1) is 0 Å². The number of nitrogen functional groups attached to an aromatic ring is 1. The fourth-order valence-electron chi connectivity index (χ4n) is 2.70. The summed E-state index contributed by atoms with van der Waals surface area (Å²) >= 11 is 3.36. The molecule has 1 unspecified atom stereocenters. The molecule has 3 atom stereocenters. The Morgan fingerprint density at radius 3 is 2.84 bits per heavy atom. The zero-order chi connectivity index (χ0) is 18.1. The van der Waals surface area contributed by atoms with Gasteiger partial charge in [0.1, 0.15) is 31.4 Å². The summed E-state index contributed by atoms with van der Waals surface area (Å²) in [5.41, 5.74) is 6.74. The summed E-state index contributed by atoms with van der Waals surface area (Å²) in [5.74, 6) is -0.637. The molecule has 11 heteroatoms. The summed E-state index contributed by atoms with van der Waals surface area (Å²) < 4.78 is 18.4. The number of nitrogens with two attached hydrogens (primary N) is 1. The number of rotatable bonds is 4. The van der Waals surface area contributed by atoms with Gasteiger partial charge in [-0.1, -0.05) is 0 Å². The van der Waals surface area contributed by atoms with Crippen molar-refractivity contribution in [3.05, 3.63) is 11.1 Å². The summed E-state index contributed by atoms with van der Waals surface area (Å²) in [5, 5.41) is 0. The van der Waals surface area contributed by atoms with E-state index < -0.39 is 30.4 Å². The van der Waals surface area contributed by atoms with E-state index >= 15 is 0 Å². The molecule has 25 heavy (non-hydrogen) atoms. The molecule has 2 N–H and O–H groups in total. The van der Waals surface area contributed by atoms with Crippen LogP contribution in [0.4, 0.5) is 5.82 Å². The minimum atomic E-state index is -0.596. The number of carbonyl (C=O) groups is 2. The van der Waals surface area contributed by atoms with Gasteiger partial charge >= 0.3 is 11.9 Å². The van der Waals surface area contributed by atoms with E-state index in [1.54, 1.807) is 4.57 Å². The largest absolute Gasteiger partial charge is 0.463 e. The first kappa shape index (κ1) is 17.5. The van der Waals surface area contributed by atoms with Crippen molar-refractivity contribution in [3.63, 3.8) is 0 Å². The lowest BCUT2D eigenvalue weighted by Gasteiger charge is -2.17. The van der Waals surface area contributed by atoms with Crippen molar-refractivity contribution in [3.8, 4) is 0 Å². The van der Waals surface area contributed by atoms with Gasteiger partial charge in [0, 0.05) is 20.3 Å². The van der Waals surface area contributed by atoms with Gasteiger partial charge in [-0.15, -0.1) is 0 Å². The predicted molar refractivity (Wildman–Crippen MR) is 88.1 cm³/mol. The highest BCUT2D eigenvalue weighted by atomic mass is 79.9. The van der Waals surface area contributed by atoms with Crippen molar-refractivity contribution in [1.82, 2.24) is 19.5 Å². The molecular formula is C14H16BrN5O5. The lowest BCUT2D eigenvalue weighted by atomic mass is 10.2. The number of imidazole rings is 1. The van der Waals surface area contributed by atoms with Gasteiger partial charge in [-0.05, 0) is 15.9 Å². The first-order chi connectivity index (χ1) is 11.9. The van der Waals surface area contributed by atoms with E-state index in [1.165, 1.54) is 20.2 Å². The van der Waals surface area contributed by atoms with Crippen molar-refractivity contribution in [2.24, 2.45) is 0 Å². The highest BCUT2D eigenvalue weighted by Crippen LogP contribution is 2.36. The Labute approximate surface area is 150 Å². The molecule has 0 amide bonds. The van der Waals surface area contributed by atoms with Gasteiger partial charge in [0.15, 0.2) is 21.7 Å². The molecule has 1 saturated heterocycles. The fraction of sp³-hybridized carbons (Fsp3) is 0.500. The second-order valence-corrected chi connectivity index (χ2v) is 6.21. The van der Waals surface area contributed by atoms with Crippen molar-refractivity contribution < 1.29 is 23.8 Å². The quantitative estimate of drug-likeness (QED) is 0.574. The smallest absolute Gasteiger partial charge is 0.303 e. The van der Waals surface area contributed by atoms with Gasteiger partial charge in [0.05, 0.1) is 0 Å². The molecule has 2 aromatic rings. The van der Waals surface area contributed by atoms with E-state index in [1.807, 2.05) is 0 Å². The van der Waals surface area contributed by atoms with Crippen LogP contribution < -0.4 is 5.73 Å². The summed E-state index contributed by atoms with van der Waals surface area (Å²) in [4.78, 5) is 34.8. The number of ether oxygens (including phenoxy) is 3. The molecule has 1 aliphatic heterocycles. The molecule has 0 aromatic carbocycles. The highest BCUT2D eigenvalue weighted by molar-refractivity contribution is 9.10. The van der Waals surface area contributed by atoms with E-state index in [0.717, 1.165) is 0 Å². The molecule has 0 spiro atoms. The van der Waals surface area contributed by atoms with Crippen LogP contribution in [0.5, 0.6) is 0 Å². The monoisotopic (exact) mass is 413 g/mol. The average Bonchev–Trinajstić information content (AvgIpc) is 3.05. The van der Waals surface area contributed by atoms with Gasteiger partial charge in [-0.2, -0.15) is 0 Å². The average molecular weight is 414 g/mol. The predicted octanol–water partition coefficient (Wildman–Crippen LogP) is 0.953. The summed E-state index contributed by atoms with van der Waals surface area (Å²) in [6.07, 6.45) is -0.0123. The number of anilines is 1. The molecule has 1 fully saturated rings. The Morgan fingerprint density at radius 2 is 2.16 bits per heavy atom. The third-order valence-electron chi connectivity index (χ3n) is 3.70. The first-order valence-electron chi connectivity index (χ1n) is 7.46. The van der Waals surface area contributed by atoms with Gasteiger partial charge in [0.2, 0.25) is 0 Å². The summed E-state index contributed by atoms with van der Waals surface area (Å²) in [6, 6.07) is 0. The lowest BCUT2D eigenvalue weighted by molar-refractivity contribution is -0.155. The van der Waals surface area contributed by atoms with Crippen LogP contribution >= 0.6 is 15.9 Å². The first-order valence-corrected chi connectivity index (χ1v) is 8.26. The number of fused-ring (bicyclic) bond motifs is 1. The SMILES string of the molecule is CC(=O)OC[C@H]1O[C@@H](n2c(Br)nc3c(N)ncnc32)CC1OC(C)=O. The number of esters is 2. The summed E-state index contributed by atoms with van der Waals surface area (Å²) in [6.45, 7) is 2.59. The van der Waals surface area contributed by atoms with Crippen LogP contribution in [0.2, 0.25) is 0 Å². The third-order valence-corrected chi connectivity index (χ3v) is 4.26. The third kappa shape index (κ3) is 3.56. The van der Waals surface area contributed by atoms with E-state index in [9.17, 15) is 9.59 Å². The Hall–Kier alpha value is -2.27. The zero-order valence-corrected chi connectivity index (χ0v) is 15.1. The number of nitrogens with zero attached hydrogens (tertiary/aromatic N) is 4. The normalized spacial score (nSPS) is 22.9. The maximum Gasteiger partial charge on any atom is 0.303 e. The maximum atomic E-state index is 11.3. The van der Waals surface area contributed by atoms with Crippen LogP contribution in [0.15, 0.2) is 11.1 Å². The van der Waals surface area contributed by atoms with Crippen molar-refractivity contribution in [2.75, 3.05) is 12.3 Å². The molecule has 10 nitrogen and oxygen atoms in total. The number of hydrogen-bond donors (Lipinski definition) is 1. The van der Waals surface area contributed by atoms with Gasteiger partial charge in [0.25, 0.3) is 0 Å². The second-order valence-electron chi connectivity index (χ2n) is 5.50. The minimum Gasteiger partial charge on any atom is -0.463 e. The molecule has 134 valence electrons. The maximum absolute atomic E-state index is 11.3. The van der Waals surface area contributed by atoms with E-state index in [2.05, 4.69) is 30.9 Å². The van der Waals surface area contributed by atoms with E-state index in [4.69, 9.17) is 19.9 Å². The molecule has 3 heterocycles. The van der Waals surface area contributed by atoms with Crippen LogP contribution in [-0.2, 0) is 23.8 Å². The van der Waals surface area contributed by atoms with Crippen LogP contribution in [0.3, 0.4) is 0 Å². The number of carbonyl (C=O) groups excluding carboxylic acids is 2. The summed E-state index contributed by atoms with van der Waals surface area (Å²) in [7, 11) is 0. The molecule has 0 saturated carbocycles. The molecule has 2 aromatic heterocycles. The van der Waals surface area contributed by atoms with Crippen LogP contribution in [0.1, 0.15) is 26.5 Å². The number of hydrogen-bond acceptors (Lipinski definition) is 9. The van der Waals surface area contributed by atoms with Crippen LogP contribution in [-0.4, -0.2) is 50.3 Å². The lowest BCUT2D eigenvalue weighted by Crippen LogP contribution is -2.31. The molecule has 0 aliphatic carbocycles. The Kier molecular flexibility index (Phi) is 4.86. The van der Waals surface area contributed by atoms with Gasteiger partial charge in [-0.25, -0.2) is 15.0 Å². The van der Waals surface area contributed by atoms with E-state index in [0.29, 0.717) is 22.3 Å². The van der Waals surface area contributed by atoms with Crippen molar-refractivity contribution in [1.29, 1.82) is 0 Å².